The third kappa shape index (κ3) is 3.38. The minimum atomic E-state index is -0.184. The van der Waals surface area contributed by atoms with Crippen LogP contribution in [0, 0.1) is 19.7 Å². The second-order valence-corrected chi connectivity index (χ2v) is 4.82. The number of aromatic nitrogens is 1. The predicted octanol–water partition coefficient (Wildman–Crippen LogP) is 3.34. The van der Waals surface area contributed by atoms with Gasteiger partial charge in [-0.1, -0.05) is 12.1 Å². The van der Waals surface area contributed by atoms with Gasteiger partial charge in [-0.15, -0.1) is 0 Å². The van der Waals surface area contributed by atoms with Gasteiger partial charge in [-0.05, 0) is 62.7 Å². The van der Waals surface area contributed by atoms with Gasteiger partial charge in [0.2, 0.25) is 0 Å². The summed E-state index contributed by atoms with van der Waals surface area (Å²) in [4.78, 5) is 4.55. The fourth-order valence-corrected chi connectivity index (χ4v) is 2.22. The summed E-state index contributed by atoms with van der Waals surface area (Å²) in [5.41, 5.74) is 4.15. The van der Waals surface area contributed by atoms with E-state index in [0.29, 0.717) is 0 Å². The van der Waals surface area contributed by atoms with Gasteiger partial charge < -0.3 is 5.32 Å². The first-order chi connectivity index (χ1) is 9.10. The lowest BCUT2D eigenvalue weighted by molar-refractivity contribution is 0.571. The molecule has 2 nitrogen and oxygen atoms in total. The van der Waals surface area contributed by atoms with Gasteiger partial charge >= 0.3 is 0 Å². The number of rotatable bonds is 4. The molecule has 0 radical (unpaired) electrons. The van der Waals surface area contributed by atoms with Crippen molar-refractivity contribution in [2.45, 2.75) is 26.3 Å². The van der Waals surface area contributed by atoms with E-state index in [2.05, 4.69) is 10.3 Å². The Balaban J connectivity index is 2.24. The molecule has 1 aromatic heterocycles. The van der Waals surface area contributed by atoms with Crippen molar-refractivity contribution >= 4 is 0 Å². The quantitative estimate of drug-likeness (QED) is 0.909. The molecule has 1 aromatic carbocycles. The monoisotopic (exact) mass is 258 g/mol. The molecular weight excluding hydrogens is 239 g/mol. The molecule has 0 fully saturated rings. The Kier molecular flexibility index (Phi) is 4.27. The number of halogens is 1. The van der Waals surface area contributed by atoms with Crippen LogP contribution in [-0.4, -0.2) is 12.0 Å². The normalized spacial score (nSPS) is 12.4. The fourth-order valence-electron chi connectivity index (χ4n) is 2.22. The molecule has 1 atom stereocenters. The second kappa shape index (κ2) is 5.93. The standard InChI is InChI=1S/C16H19FN2/c1-11-9-14(17)8-7-13(11)10-16(18-3)15-6-4-5-12(2)19-15/h4-9,16,18H,10H2,1-3H3. The number of benzene rings is 1. The van der Waals surface area contributed by atoms with E-state index in [1.807, 2.05) is 45.2 Å². The molecule has 0 saturated heterocycles. The van der Waals surface area contributed by atoms with Crippen molar-refractivity contribution in [2.75, 3.05) is 7.05 Å². The third-order valence-corrected chi connectivity index (χ3v) is 3.34. The zero-order valence-corrected chi connectivity index (χ0v) is 11.6. The van der Waals surface area contributed by atoms with Crippen molar-refractivity contribution in [1.82, 2.24) is 10.3 Å². The Bertz CT molecular complexity index is 566. The Labute approximate surface area is 113 Å². The highest BCUT2D eigenvalue weighted by molar-refractivity contribution is 5.28. The molecule has 0 bridgehead atoms. The summed E-state index contributed by atoms with van der Waals surface area (Å²) in [5, 5.41) is 3.28. The first-order valence-corrected chi connectivity index (χ1v) is 6.46. The lowest BCUT2D eigenvalue weighted by Gasteiger charge is -2.17. The molecule has 0 aliphatic carbocycles. The molecule has 2 aromatic rings. The molecule has 0 aliphatic heterocycles. The first-order valence-electron chi connectivity index (χ1n) is 6.46. The minimum Gasteiger partial charge on any atom is -0.311 e. The maximum absolute atomic E-state index is 13.1. The van der Waals surface area contributed by atoms with E-state index in [9.17, 15) is 4.39 Å². The average Bonchev–Trinajstić information content (AvgIpc) is 2.38. The molecule has 100 valence electrons. The molecule has 3 heteroatoms. The van der Waals surface area contributed by atoms with Crippen molar-refractivity contribution in [2.24, 2.45) is 0 Å². The fraction of sp³-hybridized carbons (Fsp3) is 0.312. The van der Waals surface area contributed by atoms with Crippen LogP contribution in [0.1, 0.15) is 28.6 Å². The first kappa shape index (κ1) is 13.7. The van der Waals surface area contributed by atoms with Crippen LogP contribution in [0.4, 0.5) is 4.39 Å². The smallest absolute Gasteiger partial charge is 0.123 e. The van der Waals surface area contributed by atoms with E-state index in [0.717, 1.165) is 28.9 Å². The van der Waals surface area contributed by atoms with Gasteiger partial charge in [-0.2, -0.15) is 0 Å². The number of likely N-dealkylation sites (N-methyl/N-ethyl adjacent to an activating group) is 1. The second-order valence-electron chi connectivity index (χ2n) is 4.82. The molecule has 0 saturated carbocycles. The van der Waals surface area contributed by atoms with E-state index in [-0.39, 0.29) is 11.9 Å². The van der Waals surface area contributed by atoms with Gasteiger partial charge in [-0.3, -0.25) is 4.98 Å². The topological polar surface area (TPSA) is 24.9 Å². The maximum Gasteiger partial charge on any atom is 0.123 e. The lowest BCUT2D eigenvalue weighted by atomic mass is 9.98. The van der Waals surface area contributed by atoms with Gasteiger partial charge in [-0.25, -0.2) is 4.39 Å². The molecule has 0 aliphatic rings. The number of hydrogen-bond acceptors (Lipinski definition) is 2. The molecule has 1 unspecified atom stereocenters. The van der Waals surface area contributed by atoms with Crippen molar-refractivity contribution in [3.63, 3.8) is 0 Å². The largest absolute Gasteiger partial charge is 0.311 e. The van der Waals surface area contributed by atoms with E-state index in [4.69, 9.17) is 0 Å². The number of nitrogens with one attached hydrogen (secondary N) is 1. The molecule has 1 N–H and O–H groups in total. The number of pyridine rings is 1. The van der Waals surface area contributed by atoms with Gasteiger partial charge in [0.15, 0.2) is 0 Å². The van der Waals surface area contributed by atoms with Gasteiger partial charge in [0.05, 0.1) is 11.7 Å². The van der Waals surface area contributed by atoms with Crippen LogP contribution in [0.5, 0.6) is 0 Å². The SMILES string of the molecule is CNC(Cc1ccc(F)cc1C)c1cccc(C)n1. The van der Waals surface area contributed by atoms with Crippen molar-refractivity contribution < 1.29 is 4.39 Å². The summed E-state index contributed by atoms with van der Waals surface area (Å²) in [6, 6.07) is 11.1. The molecule has 0 amide bonds. The maximum atomic E-state index is 13.1. The minimum absolute atomic E-state index is 0.143. The molecule has 0 spiro atoms. The van der Waals surface area contributed by atoms with E-state index in [1.165, 1.54) is 6.07 Å². The zero-order chi connectivity index (χ0) is 13.8. The highest BCUT2D eigenvalue weighted by Gasteiger charge is 2.13. The van der Waals surface area contributed by atoms with E-state index >= 15 is 0 Å². The summed E-state index contributed by atoms with van der Waals surface area (Å²) in [5.74, 6) is -0.184. The third-order valence-electron chi connectivity index (χ3n) is 3.34. The highest BCUT2D eigenvalue weighted by Crippen LogP contribution is 2.19. The number of nitrogens with zero attached hydrogens (tertiary/aromatic N) is 1. The Morgan fingerprint density at radius 3 is 2.63 bits per heavy atom. The van der Waals surface area contributed by atoms with Crippen LogP contribution in [0.2, 0.25) is 0 Å². The van der Waals surface area contributed by atoms with Gasteiger partial charge in [0, 0.05) is 5.69 Å². The van der Waals surface area contributed by atoms with Crippen LogP contribution >= 0.6 is 0 Å². The van der Waals surface area contributed by atoms with Crippen LogP contribution < -0.4 is 5.32 Å². The molecular formula is C16H19FN2. The number of aryl methyl sites for hydroxylation is 2. The van der Waals surface area contributed by atoms with Crippen LogP contribution in [0.3, 0.4) is 0 Å². The van der Waals surface area contributed by atoms with Crippen LogP contribution in [0.25, 0.3) is 0 Å². The summed E-state index contributed by atoms with van der Waals surface area (Å²) >= 11 is 0. The molecule has 19 heavy (non-hydrogen) atoms. The van der Waals surface area contributed by atoms with Crippen molar-refractivity contribution in [1.29, 1.82) is 0 Å². The summed E-state index contributed by atoms with van der Waals surface area (Å²) < 4.78 is 13.1. The molecule has 2 rings (SSSR count). The van der Waals surface area contributed by atoms with Gasteiger partial charge in [0.1, 0.15) is 5.82 Å². The Morgan fingerprint density at radius 1 is 1.21 bits per heavy atom. The van der Waals surface area contributed by atoms with E-state index in [1.54, 1.807) is 6.07 Å². The predicted molar refractivity (Wildman–Crippen MR) is 75.6 cm³/mol. The lowest BCUT2D eigenvalue weighted by Crippen LogP contribution is -2.20. The van der Waals surface area contributed by atoms with E-state index < -0.39 is 0 Å². The summed E-state index contributed by atoms with van der Waals surface area (Å²) in [6.07, 6.45) is 0.805. The van der Waals surface area contributed by atoms with Crippen molar-refractivity contribution in [3.05, 3.63) is 64.7 Å². The van der Waals surface area contributed by atoms with Crippen LogP contribution in [0.15, 0.2) is 36.4 Å². The zero-order valence-electron chi connectivity index (χ0n) is 11.6. The summed E-state index contributed by atoms with van der Waals surface area (Å²) in [6.45, 7) is 3.92. The Hall–Kier alpha value is -1.74. The number of hydrogen-bond donors (Lipinski definition) is 1. The molecule has 1 heterocycles. The van der Waals surface area contributed by atoms with Crippen molar-refractivity contribution in [3.8, 4) is 0 Å². The summed E-state index contributed by atoms with van der Waals surface area (Å²) in [7, 11) is 1.92. The average molecular weight is 258 g/mol. The van der Waals surface area contributed by atoms with Gasteiger partial charge in [0.25, 0.3) is 0 Å². The Morgan fingerprint density at radius 2 is 2.00 bits per heavy atom. The van der Waals surface area contributed by atoms with Crippen LogP contribution in [-0.2, 0) is 6.42 Å². The highest BCUT2D eigenvalue weighted by atomic mass is 19.1.